The number of nitrogens with one attached hydrogen (secondary N) is 2. The summed E-state index contributed by atoms with van der Waals surface area (Å²) in [6.07, 6.45) is 8.82. The van der Waals surface area contributed by atoms with Crippen LogP contribution in [0.25, 0.3) is 16.9 Å². The second-order valence-electron chi connectivity index (χ2n) is 7.55. The Morgan fingerprint density at radius 1 is 1.22 bits per heavy atom. The van der Waals surface area contributed by atoms with Crippen molar-refractivity contribution < 1.29 is 4.79 Å². The van der Waals surface area contributed by atoms with Crippen LogP contribution in [0.4, 0.5) is 5.82 Å². The molecule has 27 heavy (non-hydrogen) atoms. The molecule has 0 spiro atoms. The fourth-order valence-corrected chi connectivity index (χ4v) is 3.03. The minimum Gasteiger partial charge on any atom is -0.367 e. The molecule has 2 N–H and O–H groups in total. The lowest BCUT2D eigenvalue weighted by molar-refractivity contribution is 0.0951. The molecule has 0 aliphatic heterocycles. The molecule has 3 aromatic rings. The zero-order chi connectivity index (χ0) is 18.8. The quantitative estimate of drug-likeness (QED) is 0.671. The second-order valence-corrected chi connectivity index (χ2v) is 7.55. The first kappa shape index (κ1) is 17.5. The standard InChI is InChI=1S/C21H25N5O/c1-14(2)9-10-22-19-20-24-13-18(26(20)12-11-23-19)15-3-5-16(6-4-15)21(27)25-17-7-8-17/h3-6,11-14,17H,7-10H2,1-2H3,(H,22,23)(H,25,27). The molecule has 1 amide bonds. The Morgan fingerprint density at radius 2 is 2.00 bits per heavy atom. The number of benzene rings is 1. The summed E-state index contributed by atoms with van der Waals surface area (Å²) >= 11 is 0. The van der Waals surface area contributed by atoms with Gasteiger partial charge in [0.25, 0.3) is 5.91 Å². The van der Waals surface area contributed by atoms with E-state index in [-0.39, 0.29) is 5.91 Å². The van der Waals surface area contributed by atoms with Gasteiger partial charge in [-0.3, -0.25) is 9.20 Å². The lowest BCUT2D eigenvalue weighted by atomic mass is 10.1. The Bertz CT molecular complexity index is 941. The summed E-state index contributed by atoms with van der Waals surface area (Å²) in [4.78, 5) is 21.1. The summed E-state index contributed by atoms with van der Waals surface area (Å²) in [7, 11) is 0. The maximum absolute atomic E-state index is 12.2. The number of carbonyl (C=O) groups is 1. The minimum absolute atomic E-state index is 0.00281. The van der Waals surface area contributed by atoms with Crippen LogP contribution in [0.2, 0.25) is 0 Å². The number of nitrogens with zero attached hydrogens (tertiary/aromatic N) is 3. The van der Waals surface area contributed by atoms with Crippen molar-refractivity contribution in [2.75, 3.05) is 11.9 Å². The second kappa shape index (κ2) is 7.39. The van der Waals surface area contributed by atoms with E-state index in [9.17, 15) is 4.79 Å². The van der Waals surface area contributed by atoms with E-state index in [2.05, 4.69) is 34.4 Å². The van der Waals surface area contributed by atoms with E-state index in [0.717, 1.165) is 48.5 Å². The average Bonchev–Trinajstić information content (AvgIpc) is 3.37. The normalized spacial score (nSPS) is 13.9. The first-order chi connectivity index (χ1) is 13.1. The highest BCUT2D eigenvalue weighted by Gasteiger charge is 2.23. The molecule has 0 unspecified atom stereocenters. The van der Waals surface area contributed by atoms with Gasteiger partial charge in [-0.25, -0.2) is 9.97 Å². The van der Waals surface area contributed by atoms with E-state index in [4.69, 9.17) is 0 Å². The van der Waals surface area contributed by atoms with Crippen LogP contribution in [-0.2, 0) is 0 Å². The van der Waals surface area contributed by atoms with Gasteiger partial charge in [0, 0.05) is 36.1 Å². The van der Waals surface area contributed by atoms with Gasteiger partial charge in [-0.15, -0.1) is 0 Å². The molecule has 6 heteroatoms. The van der Waals surface area contributed by atoms with E-state index >= 15 is 0 Å². The molecule has 1 fully saturated rings. The molecule has 0 bridgehead atoms. The van der Waals surface area contributed by atoms with E-state index in [1.165, 1.54) is 0 Å². The molecule has 1 aliphatic rings. The zero-order valence-electron chi connectivity index (χ0n) is 15.8. The van der Waals surface area contributed by atoms with Gasteiger partial charge in [0.1, 0.15) is 0 Å². The number of rotatable bonds is 7. The highest BCUT2D eigenvalue weighted by molar-refractivity contribution is 5.95. The Morgan fingerprint density at radius 3 is 2.70 bits per heavy atom. The van der Waals surface area contributed by atoms with E-state index in [1.807, 2.05) is 41.1 Å². The van der Waals surface area contributed by atoms with Crippen LogP contribution in [0.1, 0.15) is 43.5 Å². The third-order valence-corrected chi connectivity index (χ3v) is 4.80. The lowest BCUT2D eigenvalue weighted by Gasteiger charge is -2.09. The summed E-state index contributed by atoms with van der Waals surface area (Å²) in [5.41, 5.74) is 3.50. The van der Waals surface area contributed by atoms with Crippen LogP contribution in [0.15, 0.2) is 42.9 Å². The van der Waals surface area contributed by atoms with E-state index in [1.54, 1.807) is 6.20 Å². The molecular formula is C21H25N5O. The Kier molecular flexibility index (Phi) is 4.79. The first-order valence-electron chi connectivity index (χ1n) is 9.59. The van der Waals surface area contributed by atoms with Crippen molar-refractivity contribution in [2.45, 2.75) is 39.2 Å². The van der Waals surface area contributed by atoms with Crippen molar-refractivity contribution in [2.24, 2.45) is 5.92 Å². The number of anilines is 1. The van der Waals surface area contributed by atoms with Crippen molar-refractivity contribution in [3.8, 4) is 11.3 Å². The Balaban J connectivity index is 1.55. The van der Waals surface area contributed by atoms with Gasteiger partial charge in [-0.1, -0.05) is 26.0 Å². The molecule has 1 aromatic carbocycles. The van der Waals surface area contributed by atoms with Crippen molar-refractivity contribution in [1.82, 2.24) is 19.7 Å². The monoisotopic (exact) mass is 363 g/mol. The predicted octanol–water partition coefficient (Wildman–Crippen LogP) is 3.75. The predicted molar refractivity (Wildman–Crippen MR) is 107 cm³/mol. The molecule has 4 rings (SSSR count). The van der Waals surface area contributed by atoms with Crippen LogP contribution in [0.3, 0.4) is 0 Å². The third kappa shape index (κ3) is 3.94. The van der Waals surface area contributed by atoms with Gasteiger partial charge >= 0.3 is 0 Å². The zero-order valence-corrected chi connectivity index (χ0v) is 15.8. The molecule has 0 radical (unpaired) electrons. The SMILES string of the molecule is CC(C)CCNc1nccn2c(-c3ccc(C(=O)NC4CC4)cc3)cnc12. The average molecular weight is 363 g/mol. The fraction of sp³-hybridized carbons (Fsp3) is 0.381. The summed E-state index contributed by atoms with van der Waals surface area (Å²) in [5, 5.41) is 6.40. The van der Waals surface area contributed by atoms with Gasteiger partial charge in [0.2, 0.25) is 0 Å². The smallest absolute Gasteiger partial charge is 0.251 e. The maximum Gasteiger partial charge on any atom is 0.251 e. The number of aromatic nitrogens is 3. The molecule has 140 valence electrons. The fourth-order valence-electron chi connectivity index (χ4n) is 3.03. The summed E-state index contributed by atoms with van der Waals surface area (Å²) in [6.45, 7) is 5.28. The molecular weight excluding hydrogens is 338 g/mol. The topological polar surface area (TPSA) is 71.3 Å². The molecule has 1 aliphatic carbocycles. The van der Waals surface area contributed by atoms with Crippen LogP contribution in [0.5, 0.6) is 0 Å². The third-order valence-electron chi connectivity index (χ3n) is 4.80. The molecule has 2 heterocycles. The lowest BCUT2D eigenvalue weighted by Crippen LogP contribution is -2.25. The van der Waals surface area contributed by atoms with Crippen LogP contribution >= 0.6 is 0 Å². The largest absolute Gasteiger partial charge is 0.367 e. The van der Waals surface area contributed by atoms with E-state index < -0.39 is 0 Å². The number of hydrogen-bond acceptors (Lipinski definition) is 4. The molecule has 6 nitrogen and oxygen atoms in total. The minimum atomic E-state index is 0.00281. The summed E-state index contributed by atoms with van der Waals surface area (Å²) < 4.78 is 2.03. The van der Waals surface area contributed by atoms with Crippen molar-refractivity contribution in [3.63, 3.8) is 0 Å². The highest BCUT2D eigenvalue weighted by atomic mass is 16.1. The van der Waals surface area contributed by atoms with Gasteiger partial charge in [0.15, 0.2) is 11.5 Å². The highest BCUT2D eigenvalue weighted by Crippen LogP contribution is 2.24. The summed E-state index contributed by atoms with van der Waals surface area (Å²) in [6, 6.07) is 8.05. The molecule has 1 saturated carbocycles. The van der Waals surface area contributed by atoms with Gasteiger partial charge in [-0.05, 0) is 37.3 Å². The van der Waals surface area contributed by atoms with Crippen molar-refractivity contribution in [1.29, 1.82) is 0 Å². The number of fused-ring (bicyclic) bond motifs is 1. The van der Waals surface area contributed by atoms with Gasteiger partial charge in [-0.2, -0.15) is 0 Å². The van der Waals surface area contributed by atoms with Crippen molar-refractivity contribution >= 4 is 17.4 Å². The first-order valence-corrected chi connectivity index (χ1v) is 9.59. The van der Waals surface area contributed by atoms with Crippen LogP contribution in [-0.4, -0.2) is 32.9 Å². The Hall–Kier alpha value is -2.89. The van der Waals surface area contributed by atoms with Crippen LogP contribution < -0.4 is 10.6 Å². The molecule has 0 atom stereocenters. The van der Waals surface area contributed by atoms with Gasteiger partial charge in [0.05, 0.1) is 11.9 Å². The summed E-state index contributed by atoms with van der Waals surface area (Å²) in [5.74, 6) is 1.44. The van der Waals surface area contributed by atoms with Crippen LogP contribution in [0, 0.1) is 5.92 Å². The van der Waals surface area contributed by atoms with E-state index in [0.29, 0.717) is 17.5 Å². The number of hydrogen-bond donors (Lipinski definition) is 2. The number of imidazole rings is 1. The Labute approximate surface area is 159 Å². The number of amides is 1. The molecule has 0 saturated heterocycles. The number of carbonyl (C=O) groups excluding carboxylic acids is 1. The maximum atomic E-state index is 12.2. The van der Waals surface area contributed by atoms with Crippen molar-refractivity contribution in [3.05, 3.63) is 48.4 Å². The van der Waals surface area contributed by atoms with Gasteiger partial charge < -0.3 is 10.6 Å². The molecule has 2 aromatic heterocycles.